The number of nitrogens with one attached hydrogen (secondary N) is 1. The van der Waals surface area contributed by atoms with Gasteiger partial charge in [-0.2, -0.15) is 0 Å². The lowest BCUT2D eigenvalue weighted by atomic mass is 10.1. The number of furan rings is 1. The molecule has 1 aromatic heterocycles. The van der Waals surface area contributed by atoms with Gasteiger partial charge in [-0.1, -0.05) is 18.2 Å². The fourth-order valence-corrected chi connectivity index (χ4v) is 2.69. The van der Waals surface area contributed by atoms with Crippen LogP contribution in [0.3, 0.4) is 0 Å². The molecule has 0 saturated heterocycles. The van der Waals surface area contributed by atoms with Gasteiger partial charge < -0.3 is 14.8 Å². The number of carboxylic acid groups (broad SMARTS) is 1. The third-order valence-corrected chi connectivity index (χ3v) is 3.77. The van der Waals surface area contributed by atoms with Crippen LogP contribution in [0.2, 0.25) is 0 Å². The van der Waals surface area contributed by atoms with Crippen LogP contribution in [0.15, 0.2) is 34.7 Å². The maximum absolute atomic E-state index is 12.1. The molecule has 5 nitrogen and oxygen atoms in total. The van der Waals surface area contributed by atoms with Gasteiger partial charge in [-0.15, -0.1) is 0 Å². The Kier molecular flexibility index (Phi) is 3.18. The summed E-state index contributed by atoms with van der Waals surface area (Å²) < 4.78 is 5.49. The van der Waals surface area contributed by atoms with Gasteiger partial charge in [-0.05, 0) is 31.4 Å². The summed E-state index contributed by atoms with van der Waals surface area (Å²) >= 11 is 0. The maximum atomic E-state index is 12.1. The number of rotatable bonds is 3. The zero-order valence-corrected chi connectivity index (χ0v) is 10.8. The molecule has 2 N–H and O–H groups in total. The molecule has 1 aliphatic carbocycles. The summed E-state index contributed by atoms with van der Waals surface area (Å²) in [6, 6.07) is 9.04. The number of carboxylic acids is 1. The first-order chi connectivity index (χ1) is 9.63. The van der Waals surface area contributed by atoms with Gasteiger partial charge in [0.15, 0.2) is 5.76 Å². The lowest BCUT2D eigenvalue weighted by Gasteiger charge is -2.10. The minimum atomic E-state index is -0.787. The number of fused-ring (bicyclic) bond motifs is 1. The van der Waals surface area contributed by atoms with E-state index in [4.69, 9.17) is 9.52 Å². The molecule has 1 amide bonds. The van der Waals surface area contributed by atoms with E-state index in [1.807, 2.05) is 24.3 Å². The van der Waals surface area contributed by atoms with Crippen molar-refractivity contribution < 1.29 is 19.1 Å². The summed E-state index contributed by atoms with van der Waals surface area (Å²) in [4.78, 5) is 23.0. The van der Waals surface area contributed by atoms with E-state index in [-0.39, 0.29) is 23.6 Å². The minimum absolute atomic E-state index is 0.0863. The van der Waals surface area contributed by atoms with Gasteiger partial charge in [0.25, 0.3) is 5.91 Å². The molecule has 0 unspecified atom stereocenters. The van der Waals surface area contributed by atoms with E-state index in [2.05, 4.69) is 5.32 Å². The molecule has 2 aromatic rings. The number of carbonyl (C=O) groups is 2. The van der Waals surface area contributed by atoms with E-state index in [0.717, 1.165) is 5.39 Å². The van der Waals surface area contributed by atoms with Crippen LogP contribution in [0, 0.1) is 5.92 Å². The second-order valence-corrected chi connectivity index (χ2v) is 5.17. The summed E-state index contributed by atoms with van der Waals surface area (Å²) in [6.45, 7) is 0. The van der Waals surface area contributed by atoms with E-state index < -0.39 is 5.97 Å². The Labute approximate surface area is 115 Å². The summed E-state index contributed by atoms with van der Waals surface area (Å²) in [5, 5.41) is 12.7. The average molecular weight is 273 g/mol. The van der Waals surface area contributed by atoms with Gasteiger partial charge in [0, 0.05) is 11.4 Å². The number of amides is 1. The molecule has 5 heteroatoms. The van der Waals surface area contributed by atoms with Crippen molar-refractivity contribution in [2.45, 2.75) is 25.3 Å². The van der Waals surface area contributed by atoms with Gasteiger partial charge in [0.05, 0.1) is 5.92 Å². The normalized spacial score (nSPS) is 22.0. The largest absolute Gasteiger partial charge is 0.481 e. The maximum Gasteiger partial charge on any atom is 0.306 e. The third-order valence-electron chi connectivity index (χ3n) is 3.77. The van der Waals surface area contributed by atoms with E-state index in [1.54, 1.807) is 6.07 Å². The Morgan fingerprint density at radius 3 is 2.75 bits per heavy atom. The molecule has 0 aliphatic heterocycles. The van der Waals surface area contributed by atoms with Crippen LogP contribution in [0.25, 0.3) is 11.0 Å². The number of hydrogen-bond donors (Lipinski definition) is 2. The molecule has 0 bridgehead atoms. The SMILES string of the molecule is O=C(N[C@H]1CC[C@@H](C(=O)O)C1)c1cc2ccccc2o1. The van der Waals surface area contributed by atoms with Crippen molar-refractivity contribution in [1.29, 1.82) is 0 Å². The number of hydrogen-bond acceptors (Lipinski definition) is 3. The second kappa shape index (κ2) is 5.00. The van der Waals surface area contributed by atoms with E-state index >= 15 is 0 Å². The zero-order valence-electron chi connectivity index (χ0n) is 10.8. The molecule has 1 aromatic carbocycles. The van der Waals surface area contributed by atoms with E-state index in [1.165, 1.54) is 0 Å². The number of para-hydroxylation sites is 1. The topological polar surface area (TPSA) is 79.5 Å². The Morgan fingerprint density at radius 1 is 1.25 bits per heavy atom. The second-order valence-electron chi connectivity index (χ2n) is 5.17. The highest BCUT2D eigenvalue weighted by molar-refractivity contribution is 5.96. The first-order valence-electron chi connectivity index (χ1n) is 6.66. The molecule has 1 heterocycles. The van der Waals surface area contributed by atoms with E-state index in [9.17, 15) is 9.59 Å². The predicted molar refractivity (Wildman–Crippen MR) is 72.4 cm³/mol. The molecular formula is C15H15NO4. The highest BCUT2D eigenvalue weighted by Gasteiger charge is 2.31. The summed E-state index contributed by atoms with van der Waals surface area (Å²) in [6.07, 6.45) is 1.80. The van der Waals surface area contributed by atoms with Gasteiger partial charge in [0.2, 0.25) is 0 Å². The minimum Gasteiger partial charge on any atom is -0.481 e. The predicted octanol–water partition coefficient (Wildman–Crippen LogP) is 2.42. The highest BCUT2D eigenvalue weighted by atomic mass is 16.4. The van der Waals surface area contributed by atoms with Crippen molar-refractivity contribution in [1.82, 2.24) is 5.32 Å². The van der Waals surface area contributed by atoms with Crippen LogP contribution >= 0.6 is 0 Å². The smallest absolute Gasteiger partial charge is 0.306 e. The van der Waals surface area contributed by atoms with Crippen LogP contribution in [0.4, 0.5) is 0 Å². The molecular weight excluding hydrogens is 258 g/mol. The molecule has 1 aliphatic rings. The molecule has 0 spiro atoms. The standard InChI is InChI=1S/C15H15NO4/c17-14(16-11-6-5-10(7-11)15(18)19)13-8-9-3-1-2-4-12(9)20-13/h1-4,8,10-11H,5-7H2,(H,16,17)(H,18,19)/t10-,11+/m1/s1. The Balaban J connectivity index is 1.69. The van der Waals surface area contributed by atoms with Gasteiger partial charge in [-0.3, -0.25) is 9.59 Å². The molecule has 1 saturated carbocycles. The average Bonchev–Trinajstić information content (AvgIpc) is 3.04. The zero-order chi connectivity index (χ0) is 14.1. The van der Waals surface area contributed by atoms with Gasteiger partial charge in [-0.25, -0.2) is 0 Å². The quantitative estimate of drug-likeness (QED) is 0.900. The van der Waals surface area contributed by atoms with Crippen LogP contribution in [0.5, 0.6) is 0 Å². The Bertz CT molecular complexity index is 628. The lowest BCUT2D eigenvalue weighted by Crippen LogP contribution is -2.33. The number of carbonyl (C=O) groups excluding carboxylic acids is 1. The highest BCUT2D eigenvalue weighted by Crippen LogP contribution is 2.26. The monoisotopic (exact) mass is 273 g/mol. The summed E-state index contributed by atoms with van der Waals surface area (Å²) in [7, 11) is 0. The van der Waals surface area contributed by atoms with Crippen molar-refractivity contribution in [3.63, 3.8) is 0 Å². The molecule has 0 radical (unpaired) electrons. The first kappa shape index (κ1) is 12.7. The van der Waals surface area contributed by atoms with Crippen LogP contribution in [-0.4, -0.2) is 23.0 Å². The fourth-order valence-electron chi connectivity index (χ4n) is 2.69. The van der Waals surface area contributed by atoms with E-state index in [0.29, 0.717) is 24.8 Å². The van der Waals surface area contributed by atoms with Crippen molar-refractivity contribution in [2.75, 3.05) is 0 Å². The third kappa shape index (κ3) is 2.39. The molecule has 20 heavy (non-hydrogen) atoms. The Hall–Kier alpha value is -2.30. The molecule has 104 valence electrons. The van der Waals surface area contributed by atoms with Crippen molar-refractivity contribution in [3.8, 4) is 0 Å². The van der Waals surface area contributed by atoms with Gasteiger partial charge >= 0.3 is 5.97 Å². The molecule has 2 atom stereocenters. The first-order valence-corrected chi connectivity index (χ1v) is 6.66. The van der Waals surface area contributed by atoms with Crippen LogP contribution in [-0.2, 0) is 4.79 Å². The number of benzene rings is 1. The van der Waals surface area contributed by atoms with Crippen LogP contribution in [0.1, 0.15) is 29.8 Å². The van der Waals surface area contributed by atoms with Crippen molar-refractivity contribution in [3.05, 3.63) is 36.1 Å². The molecule has 1 fully saturated rings. The summed E-state index contributed by atoms with van der Waals surface area (Å²) in [5.74, 6) is -1.15. The lowest BCUT2D eigenvalue weighted by molar-refractivity contribution is -0.141. The molecule has 3 rings (SSSR count). The van der Waals surface area contributed by atoms with Gasteiger partial charge in [0.1, 0.15) is 5.58 Å². The van der Waals surface area contributed by atoms with Crippen LogP contribution < -0.4 is 5.32 Å². The Morgan fingerprint density at radius 2 is 2.05 bits per heavy atom. The van der Waals surface area contributed by atoms with Crippen molar-refractivity contribution >= 4 is 22.8 Å². The fraction of sp³-hybridized carbons (Fsp3) is 0.333. The van der Waals surface area contributed by atoms with Crippen molar-refractivity contribution in [2.24, 2.45) is 5.92 Å². The summed E-state index contributed by atoms with van der Waals surface area (Å²) in [5.41, 5.74) is 0.674. The number of aliphatic carboxylic acids is 1.